The van der Waals surface area contributed by atoms with E-state index in [0.717, 1.165) is 12.8 Å². The van der Waals surface area contributed by atoms with Gasteiger partial charge in [0.2, 0.25) is 0 Å². The van der Waals surface area contributed by atoms with Crippen LogP contribution < -0.4 is 4.74 Å². The SMILES string of the molecule is CCCCN1C(=O)C(=O)/C(=C(\O)c2ccc(F)c(C)c2)C1c1cccc(OCC)c1. The van der Waals surface area contributed by atoms with Crippen LogP contribution in [0.5, 0.6) is 5.75 Å². The van der Waals surface area contributed by atoms with Gasteiger partial charge in [-0.1, -0.05) is 25.5 Å². The molecule has 1 aliphatic heterocycles. The molecule has 6 heteroatoms. The molecule has 0 radical (unpaired) electrons. The molecule has 0 aromatic heterocycles. The van der Waals surface area contributed by atoms with Crippen LogP contribution in [0.25, 0.3) is 5.76 Å². The van der Waals surface area contributed by atoms with Gasteiger partial charge in [-0.05, 0) is 61.7 Å². The largest absolute Gasteiger partial charge is 0.507 e. The molecule has 158 valence electrons. The number of ketones is 1. The molecule has 1 aliphatic rings. The molecule has 5 nitrogen and oxygen atoms in total. The van der Waals surface area contributed by atoms with Gasteiger partial charge in [0.05, 0.1) is 18.2 Å². The van der Waals surface area contributed by atoms with Crippen LogP contribution in [0.1, 0.15) is 49.4 Å². The Morgan fingerprint density at radius 2 is 1.93 bits per heavy atom. The van der Waals surface area contributed by atoms with Crippen LogP contribution in [0.2, 0.25) is 0 Å². The number of halogens is 1. The number of rotatable bonds is 7. The monoisotopic (exact) mass is 411 g/mol. The van der Waals surface area contributed by atoms with E-state index in [1.165, 1.54) is 23.1 Å². The van der Waals surface area contributed by atoms with Crippen LogP contribution in [0, 0.1) is 12.7 Å². The van der Waals surface area contributed by atoms with E-state index in [1.807, 2.05) is 13.8 Å². The Labute approximate surface area is 175 Å². The number of nitrogens with zero attached hydrogens (tertiary/aromatic N) is 1. The number of ether oxygens (including phenoxy) is 1. The van der Waals surface area contributed by atoms with Crippen molar-refractivity contribution in [1.29, 1.82) is 0 Å². The van der Waals surface area contributed by atoms with E-state index in [9.17, 15) is 19.1 Å². The highest BCUT2D eigenvalue weighted by molar-refractivity contribution is 6.46. The fourth-order valence-corrected chi connectivity index (χ4v) is 3.67. The molecule has 1 fully saturated rings. The summed E-state index contributed by atoms with van der Waals surface area (Å²) >= 11 is 0. The molecule has 0 saturated carbocycles. The van der Waals surface area contributed by atoms with E-state index in [4.69, 9.17) is 4.74 Å². The lowest BCUT2D eigenvalue weighted by atomic mass is 9.94. The number of carbonyl (C=O) groups is 2. The first-order valence-corrected chi connectivity index (χ1v) is 10.2. The Hall–Kier alpha value is -3.15. The van der Waals surface area contributed by atoms with Gasteiger partial charge < -0.3 is 14.7 Å². The van der Waals surface area contributed by atoms with Crippen LogP contribution in [0.4, 0.5) is 4.39 Å². The number of aliphatic hydroxyl groups excluding tert-OH is 1. The Bertz CT molecular complexity index is 998. The average Bonchev–Trinajstić information content (AvgIpc) is 2.99. The predicted octanol–water partition coefficient (Wildman–Crippen LogP) is 4.75. The van der Waals surface area contributed by atoms with Crippen molar-refractivity contribution in [2.75, 3.05) is 13.2 Å². The van der Waals surface area contributed by atoms with Crippen molar-refractivity contribution in [2.45, 2.75) is 39.7 Å². The zero-order valence-corrected chi connectivity index (χ0v) is 17.4. The van der Waals surface area contributed by atoms with E-state index < -0.39 is 23.5 Å². The number of Topliss-reactive ketones (excluding diaryl/α,β-unsaturated/α-hetero) is 1. The number of benzene rings is 2. The van der Waals surface area contributed by atoms with E-state index >= 15 is 0 Å². The van der Waals surface area contributed by atoms with Crippen molar-refractivity contribution >= 4 is 17.4 Å². The van der Waals surface area contributed by atoms with Crippen LogP contribution in [-0.4, -0.2) is 34.8 Å². The summed E-state index contributed by atoms with van der Waals surface area (Å²) in [6, 6.07) is 10.6. The number of amides is 1. The number of aryl methyl sites for hydroxylation is 1. The van der Waals surface area contributed by atoms with Crippen molar-refractivity contribution in [3.63, 3.8) is 0 Å². The summed E-state index contributed by atoms with van der Waals surface area (Å²) in [7, 11) is 0. The normalized spacial score (nSPS) is 18.1. The third-order valence-electron chi connectivity index (χ3n) is 5.21. The standard InChI is InChI=1S/C24H26FNO4/c1-4-6-12-26-21(16-8-7-9-18(14-16)30-5-2)20(23(28)24(26)29)22(27)17-10-11-19(25)15(3)13-17/h7-11,13-14,21,27H,4-6,12H2,1-3H3/b22-20-. The van der Waals surface area contributed by atoms with E-state index in [2.05, 4.69) is 0 Å². The van der Waals surface area contributed by atoms with Gasteiger partial charge in [-0.2, -0.15) is 0 Å². The Morgan fingerprint density at radius 3 is 2.60 bits per heavy atom. The summed E-state index contributed by atoms with van der Waals surface area (Å²) in [5, 5.41) is 11.0. The average molecular weight is 411 g/mol. The highest BCUT2D eigenvalue weighted by Crippen LogP contribution is 2.40. The third kappa shape index (κ3) is 4.08. The second-order valence-electron chi connectivity index (χ2n) is 7.32. The molecule has 1 heterocycles. The summed E-state index contributed by atoms with van der Waals surface area (Å²) in [4.78, 5) is 27.2. The van der Waals surface area contributed by atoms with Gasteiger partial charge >= 0.3 is 0 Å². The molecule has 0 aliphatic carbocycles. The molecule has 2 aromatic carbocycles. The number of likely N-dealkylation sites (tertiary alicyclic amines) is 1. The minimum absolute atomic E-state index is 0.00996. The predicted molar refractivity (Wildman–Crippen MR) is 113 cm³/mol. The van der Waals surface area contributed by atoms with Gasteiger partial charge in [0, 0.05) is 12.1 Å². The lowest BCUT2D eigenvalue weighted by molar-refractivity contribution is -0.139. The summed E-state index contributed by atoms with van der Waals surface area (Å²) in [5.74, 6) is -1.47. The summed E-state index contributed by atoms with van der Waals surface area (Å²) in [5.41, 5.74) is 1.33. The molecule has 0 bridgehead atoms. The summed E-state index contributed by atoms with van der Waals surface area (Å²) < 4.78 is 19.3. The van der Waals surface area contributed by atoms with Crippen LogP contribution >= 0.6 is 0 Å². The zero-order chi connectivity index (χ0) is 21.8. The quantitative estimate of drug-likeness (QED) is 0.405. The molecule has 30 heavy (non-hydrogen) atoms. The van der Waals surface area contributed by atoms with Crippen LogP contribution in [-0.2, 0) is 9.59 Å². The third-order valence-corrected chi connectivity index (χ3v) is 5.21. The molecule has 1 unspecified atom stereocenters. The second kappa shape index (κ2) is 9.11. The fraction of sp³-hybridized carbons (Fsp3) is 0.333. The number of carbonyl (C=O) groups excluding carboxylic acids is 2. The van der Waals surface area contributed by atoms with Gasteiger partial charge in [0.1, 0.15) is 17.3 Å². The van der Waals surface area contributed by atoms with Crippen LogP contribution in [0.15, 0.2) is 48.0 Å². The van der Waals surface area contributed by atoms with E-state index in [-0.39, 0.29) is 11.3 Å². The lowest BCUT2D eigenvalue weighted by Gasteiger charge is -2.25. The first kappa shape index (κ1) is 21.6. The van der Waals surface area contributed by atoms with Gasteiger partial charge in [-0.3, -0.25) is 9.59 Å². The first-order chi connectivity index (χ1) is 14.4. The summed E-state index contributed by atoms with van der Waals surface area (Å²) in [6.45, 7) is 6.33. The van der Waals surface area contributed by atoms with Crippen LogP contribution in [0.3, 0.4) is 0 Å². The Kier molecular flexibility index (Phi) is 6.55. The van der Waals surface area contributed by atoms with Crippen molar-refractivity contribution in [3.8, 4) is 5.75 Å². The van der Waals surface area contributed by atoms with Crippen molar-refractivity contribution in [2.24, 2.45) is 0 Å². The maximum atomic E-state index is 13.7. The molecule has 1 N–H and O–H groups in total. The number of hydrogen-bond acceptors (Lipinski definition) is 4. The molecule has 0 spiro atoms. The van der Waals surface area contributed by atoms with Gasteiger partial charge in [-0.15, -0.1) is 0 Å². The zero-order valence-electron chi connectivity index (χ0n) is 17.4. The first-order valence-electron chi connectivity index (χ1n) is 10.2. The van der Waals surface area contributed by atoms with Gasteiger partial charge in [0.25, 0.3) is 11.7 Å². The lowest BCUT2D eigenvalue weighted by Crippen LogP contribution is -2.30. The van der Waals surface area contributed by atoms with Crippen molar-refractivity contribution < 1.29 is 23.8 Å². The van der Waals surface area contributed by atoms with E-state index in [1.54, 1.807) is 31.2 Å². The minimum Gasteiger partial charge on any atom is -0.507 e. The molecule has 1 saturated heterocycles. The Balaban J connectivity index is 2.17. The van der Waals surface area contributed by atoms with Crippen molar-refractivity contribution in [3.05, 3.63) is 70.5 Å². The second-order valence-corrected chi connectivity index (χ2v) is 7.32. The smallest absolute Gasteiger partial charge is 0.295 e. The molecular formula is C24H26FNO4. The topological polar surface area (TPSA) is 66.8 Å². The fourth-order valence-electron chi connectivity index (χ4n) is 3.67. The summed E-state index contributed by atoms with van der Waals surface area (Å²) in [6.07, 6.45) is 1.58. The minimum atomic E-state index is -0.739. The molecular weight excluding hydrogens is 385 g/mol. The molecule has 1 amide bonds. The number of aliphatic hydroxyl groups is 1. The number of hydrogen-bond donors (Lipinski definition) is 1. The maximum Gasteiger partial charge on any atom is 0.295 e. The molecule has 3 rings (SSSR count). The highest BCUT2D eigenvalue weighted by Gasteiger charge is 2.45. The highest BCUT2D eigenvalue weighted by atomic mass is 19.1. The van der Waals surface area contributed by atoms with Crippen molar-refractivity contribution in [1.82, 2.24) is 4.90 Å². The number of unbranched alkanes of at least 4 members (excludes halogenated alkanes) is 1. The van der Waals surface area contributed by atoms with E-state index in [0.29, 0.717) is 35.6 Å². The maximum absolute atomic E-state index is 13.7. The van der Waals surface area contributed by atoms with Gasteiger partial charge in [0.15, 0.2) is 0 Å². The van der Waals surface area contributed by atoms with Gasteiger partial charge in [-0.25, -0.2) is 4.39 Å². The Morgan fingerprint density at radius 1 is 1.17 bits per heavy atom. The molecule has 2 aromatic rings. The molecule has 1 atom stereocenters.